The fourth-order valence-corrected chi connectivity index (χ4v) is 5.87. The number of nitrogens with zero attached hydrogens (tertiary/aromatic N) is 4. The van der Waals surface area contributed by atoms with E-state index in [1.165, 1.54) is 0 Å². The van der Waals surface area contributed by atoms with Crippen LogP contribution in [0.15, 0.2) is 18.2 Å². The highest BCUT2D eigenvalue weighted by Crippen LogP contribution is 2.40. The average molecular weight is 485 g/mol. The van der Waals surface area contributed by atoms with E-state index >= 15 is 0 Å². The third-order valence-corrected chi connectivity index (χ3v) is 7.91. The van der Waals surface area contributed by atoms with Crippen LogP contribution >= 0.6 is 0 Å². The molecule has 3 saturated heterocycles. The second-order valence-electron chi connectivity index (χ2n) is 9.80. The van der Waals surface area contributed by atoms with Crippen LogP contribution in [0, 0.1) is 0 Å². The van der Waals surface area contributed by atoms with Crippen molar-refractivity contribution in [3.8, 4) is 0 Å². The van der Waals surface area contributed by atoms with Crippen molar-refractivity contribution in [2.45, 2.75) is 57.8 Å². The highest BCUT2D eigenvalue weighted by molar-refractivity contribution is 6.09. The number of fused-ring (bicyclic) bond motifs is 3. The molecule has 4 aliphatic rings. The molecule has 0 radical (unpaired) electrons. The summed E-state index contributed by atoms with van der Waals surface area (Å²) in [6.07, 6.45) is 4.09. The summed E-state index contributed by atoms with van der Waals surface area (Å²) < 4.78 is 11.6. The Morgan fingerprint density at radius 2 is 1.74 bits per heavy atom. The van der Waals surface area contributed by atoms with Crippen LogP contribution in [0.4, 0.5) is 11.4 Å². The molecule has 0 saturated carbocycles. The molecule has 0 aromatic heterocycles. The van der Waals surface area contributed by atoms with Gasteiger partial charge in [0.1, 0.15) is 12.6 Å². The van der Waals surface area contributed by atoms with Crippen molar-refractivity contribution in [2.75, 3.05) is 62.3 Å². The number of hydrogen-bond donors (Lipinski definition) is 0. The predicted octanol–water partition coefficient (Wildman–Crippen LogP) is 2.24. The van der Waals surface area contributed by atoms with E-state index in [-0.39, 0.29) is 30.3 Å². The molecular formula is C26H36N4O5. The number of benzene rings is 1. The highest BCUT2D eigenvalue weighted by atomic mass is 16.7. The van der Waals surface area contributed by atoms with Gasteiger partial charge in [-0.25, -0.2) is 0 Å². The molecule has 9 nitrogen and oxygen atoms in total. The summed E-state index contributed by atoms with van der Waals surface area (Å²) in [6, 6.07) is 5.36. The van der Waals surface area contributed by atoms with Gasteiger partial charge in [-0.05, 0) is 51.3 Å². The lowest BCUT2D eigenvalue weighted by Crippen LogP contribution is -2.58. The normalized spacial score (nSPS) is 23.3. The largest absolute Gasteiger partial charge is 0.358 e. The minimum atomic E-state index is -0.549. The quantitative estimate of drug-likeness (QED) is 0.638. The summed E-state index contributed by atoms with van der Waals surface area (Å²) in [5.74, 6) is -0.738. The van der Waals surface area contributed by atoms with Gasteiger partial charge in [0.15, 0.2) is 5.79 Å². The molecule has 0 aliphatic carbocycles. The van der Waals surface area contributed by atoms with Gasteiger partial charge < -0.3 is 24.2 Å². The van der Waals surface area contributed by atoms with Crippen LogP contribution in [0.5, 0.6) is 0 Å². The summed E-state index contributed by atoms with van der Waals surface area (Å²) in [5.41, 5.74) is 2.14. The Bertz CT molecular complexity index is 978. The van der Waals surface area contributed by atoms with Gasteiger partial charge in [-0.15, -0.1) is 0 Å². The topological polar surface area (TPSA) is 82.6 Å². The van der Waals surface area contributed by atoms with Crippen molar-refractivity contribution >= 4 is 29.1 Å². The molecule has 3 amide bonds. The molecule has 1 spiro atoms. The zero-order chi connectivity index (χ0) is 24.6. The van der Waals surface area contributed by atoms with Crippen molar-refractivity contribution in [1.82, 2.24) is 9.80 Å². The molecule has 5 rings (SSSR count). The zero-order valence-corrected chi connectivity index (χ0v) is 20.8. The first-order valence-electron chi connectivity index (χ1n) is 13.0. The van der Waals surface area contributed by atoms with E-state index in [9.17, 15) is 14.4 Å². The van der Waals surface area contributed by atoms with Crippen molar-refractivity contribution < 1.29 is 23.9 Å². The lowest BCUT2D eigenvalue weighted by atomic mass is 9.95. The number of anilines is 2. The van der Waals surface area contributed by atoms with E-state index in [1.807, 2.05) is 26.0 Å². The smallest absolute Gasteiger partial charge is 0.253 e. The van der Waals surface area contributed by atoms with Gasteiger partial charge >= 0.3 is 0 Å². The maximum absolute atomic E-state index is 13.7. The van der Waals surface area contributed by atoms with Crippen LogP contribution in [0.25, 0.3) is 0 Å². The Morgan fingerprint density at radius 3 is 2.43 bits per heavy atom. The van der Waals surface area contributed by atoms with E-state index in [2.05, 4.69) is 4.90 Å². The van der Waals surface area contributed by atoms with Crippen molar-refractivity contribution in [2.24, 2.45) is 0 Å². The highest BCUT2D eigenvalue weighted by Gasteiger charge is 2.43. The molecular weight excluding hydrogens is 448 g/mol. The van der Waals surface area contributed by atoms with Crippen molar-refractivity contribution in [3.05, 3.63) is 23.8 Å². The number of piperidine rings is 2. The number of ether oxygens (including phenoxy) is 2. The molecule has 4 heterocycles. The van der Waals surface area contributed by atoms with E-state index in [0.717, 1.165) is 31.5 Å². The summed E-state index contributed by atoms with van der Waals surface area (Å²) in [7, 11) is 0. The molecule has 190 valence electrons. The molecule has 1 atom stereocenters. The Kier molecular flexibility index (Phi) is 6.72. The maximum atomic E-state index is 13.7. The SMILES string of the molecule is CCN(CC)C(=O)c1ccc2c(c1)N(CC(=O)N1CCC3(CC1)OCCO3)C(=O)[C@H]1CCCCN21. The number of carbonyl (C=O) groups excluding carboxylic acids is 3. The molecule has 9 heteroatoms. The van der Waals surface area contributed by atoms with E-state index in [0.29, 0.717) is 63.5 Å². The molecule has 4 aliphatic heterocycles. The zero-order valence-electron chi connectivity index (χ0n) is 20.8. The first kappa shape index (κ1) is 24.1. The second-order valence-corrected chi connectivity index (χ2v) is 9.80. The molecule has 0 N–H and O–H groups in total. The van der Waals surface area contributed by atoms with Crippen LogP contribution in [0.2, 0.25) is 0 Å². The van der Waals surface area contributed by atoms with Gasteiger partial charge in [-0.2, -0.15) is 0 Å². The van der Waals surface area contributed by atoms with Gasteiger partial charge in [-0.1, -0.05) is 0 Å². The average Bonchev–Trinajstić information content (AvgIpc) is 3.34. The van der Waals surface area contributed by atoms with E-state index in [1.54, 1.807) is 20.8 Å². The lowest BCUT2D eigenvalue weighted by Gasteiger charge is -2.46. The maximum Gasteiger partial charge on any atom is 0.253 e. The van der Waals surface area contributed by atoms with Gasteiger partial charge in [-0.3, -0.25) is 19.3 Å². The number of rotatable bonds is 5. The summed E-state index contributed by atoms with van der Waals surface area (Å²) in [5, 5.41) is 0. The van der Waals surface area contributed by atoms with Crippen molar-refractivity contribution in [3.63, 3.8) is 0 Å². The molecule has 0 bridgehead atoms. The number of amides is 3. The first-order valence-corrected chi connectivity index (χ1v) is 13.0. The molecule has 3 fully saturated rings. The Morgan fingerprint density at radius 1 is 1.03 bits per heavy atom. The summed E-state index contributed by atoms with van der Waals surface area (Å²) >= 11 is 0. The third-order valence-electron chi connectivity index (χ3n) is 7.91. The van der Waals surface area contributed by atoms with Crippen LogP contribution in [-0.2, 0) is 19.1 Å². The predicted molar refractivity (Wildman–Crippen MR) is 131 cm³/mol. The molecule has 35 heavy (non-hydrogen) atoms. The summed E-state index contributed by atoms with van der Waals surface area (Å²) in [6.45, 7) is 8.22. The number of hydrogen-bond acceptors (Lipinski definition) is 6. The monoisotopic (exact) mass is 484 g/mol. The fourth-order valence-electron chi connectivity index (χ4n) is 5.87. The first-order chi connectivity index (χ1) is 17.0. The number of carbonyl (C=O) groups is 3. The third kappa shape index (κ3) is 4.40. The lowest BCUT2D eigenvalue weighted by molar-refractivity contribution is -0.187. The standard InChI is InChI=1S/C26H36N4O5/c1-3-27(4-2)24(32)19-8-9-20-22(17-19)30(25(33)21-7-5-6-12-29(20)21)18-23(31)28-13-10-26(11-14-28)34-15-16-35-26/h8-9,17,21H,3-7,10-16,18H2,1-2H3/t21-/m1/s1. The Hall–Kier alpha value is -2.65. The molecule has 1 aromatic rings. The summed E-state index contributed by atoms with van der Waals surface area (Å²) in [4.78, 5) is 47.4. The Balaban J connectivity index is 1.40. The van der Waals surface area contributed by atoms with E-state index < -0.39 is 5.79 Å². The van der Waals surface area contributed by atoms with E-state index in [4.69, 9.17) is 9.47 Å². The van der Waals surface area contributed by atoms with Gasteiger partial charge in [0.2, 0.25) is 11.8 Å². The fraction of sp³-hybridized carbons (Fsp3) is 0.654. The van der Waals surface area contributed by atoms with Crippen LogP contribution in [-0.4, -0.2) is 91.8 Å². The van der Waals surface area contributed by atoms with Crippen LogP contribution in [0.3, 0.4) is 0 Å². The molecule has 0 unspecified atom stereocenters. The van der Waals surface area contributed by atoms with Gasteiger partial charge in [0.05, 0.1) is 24.6 Å². The minimum absolute atomic E-state index is 0.0200. The van der Waals surface area contributed by atoms with Gasteiger partial charge in [0, 0.05) is 51.1 Å². The Labute approximate surface area is 206 Å². The van der Waals surface area contributed by atoms with Gasteiger partial charge in [0.25, 0.3) is 5.91 Å². The number of likely N-dealkylation sites (tertiary alicyclic amines) is 1. The van der Waals surface area contributed by atoms with Crippen molar-refractivity contribution in [1.29, 1.82) is 0 Å². The van der Waals surface area contributed by atoms with Crippen LogP contribution in [0.1, 0.15) is 56.3 Å². The van der Waals surface area contributed by atoms with Crippen LogP contribution < -0.4 is 9.80 Å². The molecule has 1 aromatic carbocycles. The minimum Gasteiger partial charge on any atom is -0.358 e. The second kappa shape index (κ2) is 9.78.